The number of aromatic carboxylic acids is 1. The highest BCUT2D eigenvalue weighted by molar-refractivity contribution is 7.14. The number of aryl methyl sites for hydroxylation is 1. The van der Waals surface area contributed by atoms with Gasteiger partial charge >= 0.3 is 5.97 Å². The lowest BCUT2D eigenvalue weighted by Gasteiger charge is -1.93. The van der Waals surface area contributed by atoms with Crippen LogP contribution in [0.4, 0.5) is 11.0 Å². The molecule has 7 heteroatoms. The van der Waals surface area contributed by atoms with Crippen LogP contribution in [-0.4, -0.2) is 21.2 Å². The number of nitrogens with one attached hydrogen (secondary N) is 1. The number of nitrogens with zero attached hydrogens (tertiary/aromatic N) is 2. The summed E-state index contributed by atoms with van der Waals surface area (Å²) >= 11 is 1.19. The van der Waals surface area contributed by atoms with Crippen LogP contribution in [0, 0.1) is 6.92 Å². The van der Waals surface area contributed by atoms with Crippen LogP contribution in [0.1, 0.15) is 16.2 Å². The van der Waals surface area contributed by atoms with Crippen molar-refractivity contribution in [2.45, 2.75) is 6.92 Å². The molecule has 0 aromatic carbocycles. The minimum atomic E-state index is -1.05. The second-order valence-corrected chi connectivity index (χ2v) is 3.66. The van der Waals surface area contributed by atoms with Crippen molar-refractivity contribution in [2.24, 2.45) is 0 Å². The lowest BCUT2D eigenvalue weighted by molar-refractivity contribution is 0.0691. The summed E-state index contributed by atoms with van der Waals surface area (Å²) in [6, 6.07) is 1.70. The molecule has 2 aromatic rings. The van der Waals surface area contributed by atoms with E-state index in [4.69, 9.17) is 9.63 Å². The van der Waals surface area contributed by atoms with E-state index in [0.717, 1.165) is 5.69 Å². The van der Waals surface area contributed by atoms with E-state index < -0.39 is 5.97 Å². The second-order valence-electron chi connectivity index (χ2n) is 2.80. The molecule has 78 valence electrons. The number of carboxylic acid groups (broad SMARTS) is 1. The molecule has 15 heavy (non-hydrogen) atoms. The molecule has 0 fully saturated rings. The number of anilines is 2. The molecule has 0 amide bonds. The third kappa shape index (κ3) is 2.13. The van der Waals surface area contributed by atoms with Gasteiger partial charge < -0.3 is 9.63 Å². The first-order chi connectivity index (χ1) is 7.15. The molecule has 0 aliphatic carbocycles. The number of carboxylic acids is 1. The van der Waals surface area contributed by atoms with Crippen LogP contribution in [0.3, 0.4) is 0 Å². The number of rotatable bonds is 3. The van der Waals surface area contributed by atoms with Crippen molar-refractivity contribution in [3.63, 3.8) is 0 Å². The Kier molecular flexibility index (Phi) is 2.38. The van der Waals surface area contributed by atoms with Crippen molar-refractivity contribution in [3.8, 4) is 0 Å². The van der Waals surface area contributed by atoms with Crippen LogP contribution in [0.5, 0.6) is 0 Å². The molecule has 0 bridgehead atoms. The van der Waals surface area contributed by atoms with Crippen LogP contribution in [-0.2, 0) is 0 Å². The summed E-state index contributed by atoms with van der Waals surface area (Å²) in [6.07, 6.45) is 0. The highest BCUT2D eigenvalue weighted by Gasteiger charge is 2.09. The van der Waals surface area contributed by atoms with Crippen molar-refractivity contribution in [2.75, 3.05) is 5.32 Å². The number of hydrogen-bond donors (Lipinski definition) is 2. The van der Waals surface area contributed by atoms with Crippen LogP contribution >= 0.6 is 11.3 Å². The average Bonchev–Trinajstić information content (AvgIpc) is 2.76. The van der Waals surface area contributed by atoms with Crippen molar-refractivity contribution in [1.82, 2.24) is 10.1 Å². The summed E-state index contributed by atoms with van der Waals surface area (Å²) in [4.78, 5) is 14.4. The first kappa shape index (κ1) is 9.66. The van der Waals surface area contributed by atoms with E-state index in [1.54, 1.807) is 13.0 Å². The van der Waals surface area contributed by atoms with Crippen LogP contribution < -0.4 is 5.32 Å². The van der Waals surface area contributed by atoms with E-state index in [2.05, 4.69) is 15.5 Å². The predicted octanol–water partition coefficient (Wildman–Crippen LogP) is 1.88. The summed E-state index contributed by atoms with van der Waals surface area (Å²) in [5.74, 6) is -0.605. The Morgan fingerprint density at radius 3 is 3.00 bits per heavy atom. The number of aromatic nitrogens is 2. The van der Waals surface area contributed by atoms with Gasteiger partial charge in [0.05, 0.1) is 5.69 Å². The normalized spacial score (nSPS) is 10.2. The Morgan fingerprint density at radius 1 is 1.67 bits per heavy atom. The number of thiazole rings is 1. The Morgan fingerprint density at radius 2 is 2.47 bits per heavy atom. The van der Waals surface area contributed by atoms with Crippen molar-refractivity contribution in [3.05, 3.63) is 22.8 Å². The Bertz CT molecular complexity index is 491. The number of carbonyl (C=O) groups is 1. The summed E-state index contributed by atoms with van der Waals surface area (Å²) in [5.41, 5.74) is 0.756. The molecule has 2 aromatic heterocycles. The quantitative estimate of drug-likeness (QED) is 0.829. The van der Waals surface area contributed by atoms with Gasteiger partial charge in [-0.05, 0) is 6.92 Å². The average molecular weight is 225 g/mol. The smallest absolute Gasteiger partial charge is 0.355 e. The van der Waals surface area contributed by atoms with Gasteiger partial charge in [-0.3, -0.25) is 5.32 Å². The fourth-order valence-electron chi connectivity index (χ4n) is 0.957. The lowest BCUT2D eigenvalue weighted by Crippen LogP contribution is -1.96. The minimum absolute atomic E-state index is 0.0127. The largest absolute Gasteiger partial charge is 0.476 e. The van der Waals surface area contributed by atoms with Crippen LogP contribution in [0.2, 0.25) is 0 Å². The fraction of sp³-hybridized carbons (Fsp3) is 0.125. The van der Waals surface area contributed by atoms with Crippen molar-refractivity contribution in [1.29, 1.82) is 0 Å². The fourth-order valence-corrected chi connectivity index (χ4v) is 1.64. The van der Waals surface area contributed by atoms with Gasteiger partial charge in [0.1, 0.15) is 0 Å². The SMILES string of the molecule is Cc1cc(Nc2nc(C(=O)O)cs2)on1. The Balaban J connectivity index is 2.14. The van der Waals surface area contributed by atoms with Gasteiger partial charge in [-0.25, -0.2) is 9.78 Å². The molecule has 0 spiro atoms. The van der Waals surface area contributed by atoms with Gasteiger partial charge in [0.2, 0.25) is 5.88 Å². The molecule has 0 saturated carbocycles. The first-order valence-electron chi connectivity index (χ1n) is 4.04. The Labute approximate surface area is 88.5 Å². The monoisotopic (exact) mass is 225 g/mol. The van der Waals surface area contributed by atoms with Gasteiger partial charge in [-0.2, -0.15) is 0 Å². The minimum Gasteiger partial charge on any atom is -0.476 e. The third-order valence-electron chi connectivity index (χ3n) is 1.58. The van der Waals surface area contributed by atoms with Crippen molar-refractivity contribution >= 4 is 28.3 Å². The maximum Gasteiger partial charge on any atom is 0.355 e. The van der Waals surface area contributed by atoms with E-state index in [1.807, 2.05) is 0 Å². The molecule has 0 saturated heterocycles. The van der Waals surface area contributed by atoms with Gasteiger partial charge in [0.15, 0.2) is 10.8 Å². The van der Waals surface area contributed by atoms with Gasteiger partial charge in [0.25, 0.3) is 0 Å². The molecule has 2 N–H and O–H groups in total. The van der Waals surface area contributed by atoms with Crippen LogP contribution in [0.15, 0.2) is 16.0 Å². The molecule has 2 heterocycles. The highest BCUT2D eigenvalue weighted by atomic mass is 32.1. The van der Waals surface area contributed by atoms with E-state index in [1.165, 1.54) is 16.7 Å². The summed E-state index contributed by atoms with van der Waals surface area (Å²) < 4.78 is 4.90. The molecule has 0 aliphatic rings. The molecule has 2 rings (SSSR count). The highest BCUT2D eigenvalue weighted by Crippen LogP contribution is 2.21. The maximum absolute atomic E-state index is 10.6. The lowest BCUT2D eigenvalue weighted by atomic mass is 10.5. The van der Waals surface area contributed by atoms with Gasteiger partial charge in [0, 0.05) is 11.4 Å². The topological polar surface area (TPSA) is 88.2 Å². The van der Waals surface area contributed by atoms with Gasteiger partial charge in [-0.1, -0.05) is 5.16 Å². The molecular formula is C8H7N3O3S. The molecule has 0 aliphatic heterocycles. The first-order valence-corrected chi connectivity index (χ1v) is 4.92. The molecule has 0 atom stereocenters. The molecule has 0 radical (unpaired) electrons. The zero-order chi connectivity index (χ0) is 10.8. The number of hydrogen-bond acceptors (Lipinski definition) is 6. The van der Waals surface area contributed by atoms with Crippen LogP contribution in [0.25, 0.3) is 0 Å². The Hall–Kier alpha value is -1.89. The van der Waals surface area contributed by atoms with Crippen molar-refractivity contribution < 1.29 is 14.4 Å². The van der Waals surface area contributed by atoms with E-state index in [0.29, 0.717) is 11.0 Å². The summed E-state index contributed by atoms with van der Waals surface area (Å²) in [5, 5.41) is 17.1. The zero-order valence-corrected chi connectivity index (χ0v) is 8.54. The van der Waals surface area contributed by atoms with E-state index >= 15 is 0 Å². The molecular weight excluding hydrogens is 218 g/mol. The van der Waals surface area contributed by atoms with Gasteiger partial charge in [-0.15, -0.1) is 11.3 Å². The predicted molar refractivity (Wildman–Crippen MR) is 53.6 cm³/mol. The maximum atomic E-state index is 10.6. The second kappa shape index (κ2) is 3.70. The third-order valence-corrected chi connectivity index (χ3v) is 2.34. The standard InChI is InChI=1S/C8H7N3O3S/c1-4-2-6(14-11-4)10-8-9-5(3-15-8)7(12)13/h2-3H,1H3,(H,9,10)(H,12,13). The molecule has 6 nitrogen and oxygen atoms in total. The summed E-state index contributed by atoms with van der Waals surface area (Å²) in [6.45, 7) is 1.79. The molecule has 0 unspecified atom stereocenters. The van der Waals surface area contributed by atoms with E-state index in [-0.39, 0.29) is 5.69 Å². The summed E-state index contributed by atoms with van der Waals surface area (Å²) in [7, 11) is 0. The zero-order valence-electron chi connectivity index (χ0n) is 7.72. The van der Waals surface area contributed by atoms with E-state index in [9.17, 15) is 4.79 Å².